The van der Waals surface area contributed by atoms with Gasteiger partial charge in [-0.1, -0.05) is 30.3 Å². The Labute approximate surface area is 204 Å². The number of para-hydroxylation sites is 1. The van der Waals surface area contributed by atoms with Crippen LogP contribution in [0.5, 0.6) is 5.75 Å². The summed E-state index contributed by atoms with van der Waals surface area (Å²) in [7, 11) is 0. The van der Waals surface area contributed by atoms with Gasteiger partial charge in [0.1, 0.15) is 18.2 Å². The predicted molar refractivity (Wildman–Crippen MR) is 130 cm³/mol. The van der Waals surface area contributed by atoms with E-state index in [-0.39, 0.29) is 25.1 Å². The number of nitrogens with one attached hydrogen (secondary N) is 2. The van der Waals surface area contributed by atoms with Crippen molar-refractivity contribution in [3.8, 4) is 11.8 Å². The molecule has 0 aliphatic carbocycles. The topological polar surface area (TPSA) is 104 Å². The third-order valence-corrected chi connectivity index (χ3v) is 5.23. The number of nitrogens with zero attached hydrogens (tertiary/aromatic N) is 2. The second-order valence-corrected chi connectivity index (χ2v) is 7.92. The van der Waals surface area contributed by atoms with E-state index in [0.717, 1.165) is 5.56 Å². The van der Waals surface area contributed by atoms with E-state index in [0.29, 0.717) is 21.3 Å². The number of carbonyl (C=O) groups is 2. The molecule has 7 nitrogen and oxygen atoms in total. The van der Waals surface area contributed by atoms with Crippen molar-refractivity contribution in [3.63, 3.8) is 0 Å². The van der Waals surface area contributed by atoms with Crippen molar-refractivity contribution in [2.24, 2.45) is 5.10 Å². The van der Waals surface area contributed by atoms with Gasteiger partial charge in [-0.15, -0.1) is 0 Å². The van der Waals surface area contributed by atoms with Crippen molar-refractivity contribution in [1.29, 1.82) is 5.26 Å². The highest BCUT2D eigenvalue weighted by molar-refractivity contribution is 9.10. The molecule has 0 spiro atoms. The lowest BCUT2D eigenvalue weighted by Gasteiger charge is -2.10. The molecule has 3 aromatic carbocycles. The fraction of sp³-hybridized carbons (Fsp3) is 0.120. The van der Waals surface area contributed by atoms with E-state index in [9.17, 15) is 14.0 Å². The fourth-order valence-electron chi connectivity index (χ4n) is 2.86. The molecule has 0 aliphatic rings. The molecule has 0 saturated carbocycles. The number of hydrogen-bond acceptors (Lipinski definition) is 5. The Bertz CT molecular complexity index is 1260. The molecule has 9 heteroatoms. The van der Waals surface area contributed by atoms with Gasteiger partial charge >= 0.3 is 0 Å². The highest BCUT2D eigenvalue weighted by atomic mass is 79.9. The maximum atomic E-state index is 13.5. The highest BCUT2D eigenvalue weighted by Gasteiger charge is 2.09. The number of rotatable bonds is 9. The first kappa shape index (κ1) is 24.6. The summed E-state index contributed by atoms with van der Waals surface area (Å²) in [5, 5.41) is 15.5. The van der Waals surface area contributed by atoms with Gasteiger partial charge in [0.05, 0.1) is 28.0 Å². The van der Waals surface area contributed by atoms with E-state index in [1.54, 1.807) is 36.4 Å². The third-order valence-electron chi connectivity index (χ3n) is 4.61. The quantitative estimate of drug-likeness (QED) is 0.307. The summed E-state index contributed by atoms with van der Waals surface area (Å²) in [5.41, 5.74) is 4.47. The molecule has 0 saturated heterocycles. The van der Waals surface area contributed by atoms with E-state index in [4.69, 9.17) is 10.00 Å². The Kier molecular flexibility index (Phi) is 8.88. The van der Waals surface area contributed by atoms with Crippen LogP contribution in [0, 0.1) is 17.1 Å². The van der Waals surface area contributed by atoms with Crippen LogP contribution in [0.3, 0.4) is 0 Å². The standard InChI is InChI=1S/C25H20BrFN4O3/c26-20-13-17(9-10-23(20)34-16-19-6-2-1-5-18(19)14-28)15-29-31-25(33)12-11-24(32)30-22-8-4-3-7-21(22)27/h1-10,13,15H,11-12,16H2,(H,30,32)(H,31,33). The Hall–Kier alpha value is -4.03. The number of hydrogen-bond donors (Lipinski definition) is 2. The van der Waals surface area contributed by atoms with Gasteiger partial charge in [-0.25, -0.2) is 9.82 Å². The minimum atomic E-state index is -0.542. The number of carbonyl (C=O) groups excluding carboxylic acids is 2. The first-order chi connectivity index (χ1) is 16.5. The Morgan fingerprint density at radius 1 is 1.06 bits per heavy atom. The van der Waals surface area contributed by atoms with Gasteiger partial charge in [0.15, 0.2) is 0 Å². The van der Waals surface area contributed by atoms with Crippen molar-refractivity contribution in [2.75, 3.05) is 5.32 Å². The average molecular weight is 523 g/mol. The summed E-state index contributed by atoms with van der Waals surface area (Å²) in [4.78, 5) is 23.8. The fourth-order valence-corrected chi connectivity index (χ4v) is 3.37. The van der Waals surface area contributed by atoms with Crippen LogP contribution in [0.25, 0.3) is 0 Å². The van der Waals surface area contributed by atoms with Gasteiger partial charge in [-0.3, -0.25) is 9.59 Å². The molecule has 0 unspecified atom stereocenters. The lowest BCUT2D eigenvalue weighted by Crippen LogP contribution is -2.20. The van der Waals surface area contributed by atoms with Crippen molar-refractivity contribution in [1.82, 2.24) is 5.43 Å². The number of benzene rings is 3. The monoisotopic (exact) mass is 522 g/mol. The zero-order valence-electron chi connectivity index (χ0n) is 17.9. The molecule has 0 heterocycles. The molecule has 0 atom stereocenters. The molecule has 34 heavy (non-hydrogen) atoms. The molecule has 172 valence electrons. The molecule has 0 aliphatic heterocycles. The largest absolute Gasteiger partial charge is 0.488 e. The van der Waals surface area contributed by atoms with Crippen LogP contribution in [0.15, 0.2) is 76.3 Å². The van der Waals surface area contributed by atoms with Crippen molar-refractivity contribution in [2.45, 2.75) is 19.4 Å². The van der Waals surface area contributed by atoms with Gasteiger partial charge in [0.25, 0.3) is 0 Å². The summed E-state index contributed by atoms with van der Waals surface area (Å²) in [6.45, 7) is 0.246. The Morgan fingerprint density at radius 2 is 1.79 bits per heavy atom. The Balaban J connectivity index is 1.45. The van der Waals surface area contributed by atoms with Crippen molar-refractivity contribution >= 4 is 39.6 Å². The SMILES string of the molecule is N#Cc1ccccc1COc1ccc(C=NNC(=O)CCC(=O)Nc2ccccc2F)cc1Br. The van der Waals surface area contributed by atoms with Gasteiger partial charge in [0.2, 0.25) is 11.8 Å². The van der Waals surface area contributed by atoms with Crippen LogP contribution in [-0.2, 0) is 16.2 Å². The van der Waals surface area contributed by atoms with Crippen LogP contribution >= 0.6 is 15.9 Å². The average Bonchev–Trinajstić information content (AvgIpc) is 2.84. The van der Waals surface area contributed by atoms with Crippen molar-refractivity contribution in [3.05, 3.63) is 93.7 Å². The minimum absolute atomic E-state index is 0.0678. The number of nitriles is 1. The summed E-state index contributed by atoms with van der Waals surface area (Å²) < 4.78 is 20.0. The van der Waals surface area contributed by atoms with Crippen LogP contribution < -0.4 is 15.5 Å². The maximum absolute atomic E-state index is 13.5. The second kappa shape index (κ2) is 12.3. The molecule has 0 aromatic heterocycles. The van der Waals surface area contributed by atoms with E-state index in [1.807, 2.05) is 12.1 Å². The van der Waals surface area contributed by atoms with Gasteiger partial charge in [-0.05, 0) is 57.9 Å². The van der Waals surface area contributed by atoms with Crippen molar-refractivity contribution < 1.29 is 18.7 Å². The summed E-state index contributed by atoms with van der Waals surface area (Å²) in [6.07, 6.45) is 1.25. The van der Waals surface area contributed by atoms with Crippen LogP contribution in [-0.4, -0.2) is 18.0 Å². The van der Waals surface area contributed by atoms with Gasteiger partial charge in [0, 0.05) is 18.4 Å². The molecule has 2 amide bonds. The van der Waals surface area contributed by atoms with Crippen LogP contribution in [0.2, 0.25) is 0 Å². The molecule has 2 N–H and O–H groups in total. The van der Waals surface area contributed by atoms with Gasteiger partial charge < -0.3 is 10.1 Å². The number of ether oxygens (including phenoxy) is 1. The molecule has 0 radical (unpaired) electrons. The summed E-state index contributed by atoms with van der Waals surface area (Å²) in [5.74, 6) is -0.870. The van der Waals surface area contributed by atoms with Crippen LogP contribution in [0.4, 0.5) is 10.1 Å². The van der Waals surface area contributed by atoms with Crippen LogP contribution in [0.1, 0.15) is 29.5 Å². The number of amides is 2. The zero-order chi connectivity index (χ0) is 24.3. The maximum Gasteiger partial charge on any atom is 0.240 e. The molecule has 3 rings (SSSR count). The molecule has 0 bridgehead atoms. The minimum Gasteiger partial charge on any atom is -0.488 e. The van der Waals surface area contributed by atoms with E-state index >= 15 is 0 Å². The second-order valence-electron chi connectivity index (χ2n) is 7.07. The van der Waals surface area contributed by atoms with E-state index in [1.165, 1.54) is 24.4 Å². The normalized spacial score (nSPS) is 10.5. The highest BCUT2D eigenvalue weighted by Crippen LogP contribution is 2.26. The first-order valence-electron chi connectivity index (χ1n) is 10.2. The van der Waals surface area contributed by atoms with E-state index in [2.05, 4.69) is 37.8 Å². The van der Waals surface area contributed by atoms with Gasteiger partial charge in [-0.2, -0.15) is 10.4 Å². The summed E-state index contributed by atoms with van der Waals surface area (Å²) in [6, 6.07) is 20.4. The first-order valence-corrected chi connectivity index (χ1v) is 11.0. The number of hydrazone groups is 1. The molecule has 0 fully saturated rings. The summed E-state index contributed by atoms with van der Waals surface area (Å²) >= 11 is 3.44. The predicted octanol–water partition coefficient (Wildman–Crippen LogP) is 4.91. The molecular formula is C25H20BrFN4O3. The smallest absolute Gasteiger partial charge is 0.240 e. The Morgan fingerprint density at radius 3 is 2.56 bits per heavy atom. The zero-order valence-corrected chi connectivity index (χ0v) is 19.5. The lowest BCUT2D eigenvalue weighted by molar-refractivity contribution is -0.124. The van der Waals surface area contributed by atoms with E-state index < -0.39 is 17.6 Å². The number of halogens is 2. The lowest BCUT2D eigenvalue weighted by atomic mass is 10.1. The number of anilines is 1. The molecular weight excluding hydrogens is 503 g/mol. The third kappa shape index (κ3) is 7.25. The molecule has 3 aromatic rings.